The van der Waals surface area contributed by atoms with E-state index < -0.39 is 5.37 Å². The highest BCUT2D eigenvalue weighted by Crippen LogP contribution is 2.34. The minimum absolute atomic E-state index is 0.243. The van der Waals surface area contributed by atoms with Crippen molar-refractivity contribution in [3.05, 3.63) is 58.6 Å². The molecule has 3 rings (SSSR count). The number of hydrogen-bond donors (Lipinski definition) is 1. The lowest BCUT2D eigenvalue weighted by Gasteiger charge is -2.16. The Morgan fingerprint density at radius 1 is 1.09 bits per heavy atom. The summed E-state index contributed by atoms with van der Waals surface area (Å²) < 4.78 is 0.959. The predicted octanol–water partition coefficient (Wildman–Crippen LogP) is 4.40. The van der Waals surface area contributed by atoms with Gasteiger partial charge < -0.3 is 5.32 Å². The van der Waals surface area contributed by atoms with E-state index in [1.54, 1.807) is 6.07 Å². The van der Waals surface area contributed by atoms with E-state index in [4.69, 9.17) is 0 Å². The predicted molar refractivity (Wildman–Crippen MR) is 93.2 cm³/mol. The molecule has 2 aromatic carbocycles. The molecule has 0 bridgehead atoms. The summed E-state index contributed by atoms with van der Waals surface area (Å²) in [4.78, 5) is 26.0. The van der Waals surface area contributed by atoms with Gasteiger partial charge in [0.05, 0.1) is 5.69 Å². The van der Waals surface area contributed by atoms with Crippen LogP contribution >= 0.6 is 27.7 Å². The maximum Gasteiger partial charge on any atom is 0.295 e. The van der Waals surface area contributed by atoms with E-state index in [1.165, 1.54) is 4.90 Å². The van der Waals surface area contributed by atoms with E-state index in [1.807, 2.05) is 49.4 Å². The first kappa shape index (κ1) is 15.1. The lowest BCUT2D eigenvalue weighted by molar-refractivity contribution is -0.116. The Labute approximate surface area is 141 Å². The number of benzene rings is 2. The van der Waals surface area contributed by atoms with Crippen LogP contribution in [0.3, 0.4) is 0 Å². The smallest absolute Gasteiger partial charge is 0.295 e. The Morgan fingerprint density at radius 3 is 2.45 bits per heavy atom. The minimum Gasteiger partial charge on any atom is -0.365 e. The molecule has 0 spiro atoms. The third kappa shape index (κ3) is 2.89. The Balaban J connectivity index is 1.82. The third-order valence-electron chi connectivity index (χ3n) is 3.34. The van der Waals surface area contributed by atoms with Gasteiger partial charge in [0.15, 0.2) is 5.37 Å². The van der Waals surface area contributed by atoms with Crippen molar-refractivity contribution in [1.29, 1.82) is 0 Å². The molecule has 22 heavy (non-hydrogen) atoms. The number of anilines is 2. The monoisotopic (exact) mass is 376 g/mol. The molecule has 1 saturated heterocycles. The molecule has 0 aliphatic carbocycles. The fourth-order valence-electron chi connectivity index (χ4n) is 2.23. The van der Waals surface area contributed by atoms with Gasteiger partial charge in [-0.25, -0.2) is 4.90 Å². The number of nitrogens with zero attached hydrogens (tertiary/aromatic N) is 1. The van der Waals surface area contributed by atoms with Gasteiger partial charge in [-0.3, -0.25) is 9.59 Å². The van der Waals surface area contributed by atoms with E-state index in [0.29, 0.717) is 5.69 Å². The summed E-state index contributed by atoms with van der Waals surface area (Å²) >= 11 is 4.36. The molecule has 2 aromatic rings. The molecular weight excluding hydrogens is 364 g/mol. The van der Waals surface area contributed by atoms with Gasteiger partial charge in [-0.1, -0.05) is 34.1 Å². The van der Waals surface area contributed by atoms with Gasteiger partial charge in [-0.2, -0.15) is 0 Å². The number of nitrogens with one attached hydrogen (secondary N) is 1. The van der Waals surface area contributed by atoms with Crippen LogP contribution in [0.25, 0.3) is 0 Å². The molecule has 0 unspecified atom stereocenters. The molecule has 2 amide bonds. The number of amides is 2. The molecular formula is C16H13BrN2O2S. The molecule has 0 aromatic heterocycles. The lowest BCUT2D eigenvalue weighted by atomic mass is 10.2. The number of aryl methyl sites for hydroxylation is 1. The van der Waals surface area contributed by atoms with Gasteiger partial charge in [0, 0.05) is 10.2 Å². The number of imide groups is 1. The highest BCUT2D eigenvalue weighted by molar-refractivity contribution is 9.10. The normalized spacial score (nSPS) is 17.9. The lowest BCUT2D eigenvalue weighted by Crippen LogP contribution is -2.34. The molecule has 6 heteroatoms. The van der Waals surface area contributed by atoms with Crippen LogP contribution in [0.15, 0.2) is 53.0 Å². The first-order valence-corrected chi connectivity index (χ1v) is 8.36. The first-order valence-electron chi connectivity index (χ1n) is 6.68. The number of hydrogen-bond acceptors (Lipinski definition) is 4. The molecule has 1 aliphatic rings. The Hall–Kier alpha value is -1.79. The van der Waals surface area contributed by atoms with Crippen molar-refractivity contribution in [3.63, 3.8) is 0 Å². The van der Waals surface area contributed by atoms with Crippen molar-refractivity contribution in [3.8, 4) is 0 Å². The van der Waals surface area contributed by atoms with Gasteiger partial charge in [-0.15, -0.1) is 0 Å². The van der Waals surface area contributed by atoms with E-state index in [0.717, 1.165) is 27.5 Å². The second kappa shape index (κ2) is 6.14. The van der Waals surface area contributed by atoms with Crippen LogP contribution in [-0.4, -0.2) is 16.5 Å². The third-order valence-corrected chi connectivity index (χ3v) is 4.81. The summed E-state index contributed by atoms with van der Waals surface area (Å²) in [6.07, 6.45) is 0. The van der Waals surface area contributed by atoms with Gasteiger partial charge in [0.25, 0.3) is 11.1 Å². The van der Waals surface area contributed by atoms with E-state index >= 15 is 0 Å². The number of thioether (sulfide) groups is 1. The number of carbonyl (C=O) groups is 2. The molecule has 4 nitrogen and oxygen atoms in total. The highest BCUT2D eigenvalue weighted by atomic mass is 79.9. The number of halogens is 1. The van der Waals surface area contributed by atoms with Crippen molar-refractivity contribution < 1.29 is 9.59 Å². The molecule has 1 heterocycles. The Kier molecular flexibility index (Phi) is 4.22. The van der Waals surface area contributed by atoms with Gasteiger partial charge in [-0.05, 0) is 54.6 Å². The van der Waals surface area contributed by atoms with Crippen LogP contribution < -0.4 is 10.2 Å². The quantitative estimate of drug-likeness (QED) is 0.862. The number of para-hydroxylation sites is 1. The maximum atomic E-state index is 12.6. The SMILES string of the molecule is Cc1ccccc1N1C(=O)S[C@H](Nc2ccc(Br)cc2)C1=O. The van der Waals surface area contributed by atoms with Crippen molar-refractivity contribution in [2.75, 3.05) is 10.2 Å². The molecule has 1 atom stereocenters. The summed E-state index contributed by atoms with van der Waals surface area (Å²) in [5, 5.41) is 2.24. The second-order valence-electron chi connectivity index (χ2n) is 4.88. The summed E-state index contributed by atoms with van der Waals surface area (Å²) in [6.45, 7) is 1.88. The molecule has 112 valence electrons. The van der Waals surface area contributed by atoms with Crippen LogP contribution in [0.5, 0.6) is 0 Å². The largest absolute Gasteiger partial charge is 0.365 e. The minimum atomic E-state index is -0.603. The standard InChI is InChI=1S/C16H13BrN2O2S/c1-10-4-2-3-5-13(10)19-15(20)14(22-16(19)21)18-12-8-6-11(17)7-9-12/h2-9,14,18H,1H3/t14-/m0/s1. The number of carbonyl (C=O) groups excluding carboxylic acids is 2. The van der Waals surface area contributed by atoms with Crippen LogP contribution in [0.2, 0.25) is 0 Å². The number of rotatable bonds is 3. The van der Waals surface area contributed by atoms with Gasteiger partial charge >= 0.3 is 0 Å². The van der Waals surface area contributed by atoms with Gasteiger partial charge in [0.2, 0.25) is 0 Å². The highest BCUT2D eigenvalue weighted by Gasteiger charge is 2.41. The molecule has 1 N–H and O–H groups in total. The van der Waals surface area contributed by atoms with Gasteiger partial charge in [0.1, 0.15) is 0 Å². The summed E-state index contributed by atoms with van der Waals surface area (Å²) in [5.41, 5.74) is 2.34. The average Bonchev–Trinajstić information content (AvgIpc) is 2.77. The zero-order chi connectivity index (χ0) is 15.7. The van der Waals surface area contributed by atoms with Crippen molar-refractivity contribution >= 4 is 50.2 Å². The van der Waals surface area contributed by atoms with E-state index in [-0.39, 0.29) is 11.1 Å². The van der Waals surface area contributed by atoms with Crippen molar-refractivity contribution in [2.24, 2.45) is 0 Å². The van der Waals surface area contributed by atoms with Crippen LogP contribution in [0.1, 0.15) is 5.56 Å². The molecule has 0 saturated carbocycles. The first-order chi connectivity index (χ1) is 10.6. The summed E-state index contributed by atoms with van der Waals surface area (Å²) in [7, 11) is 0. The maximum absolute atomic E-state index is 12.6. The van der Waals surface area contributed by atoms with Crippen molar-refractivity contribution in [2.45, 2.75) is 12.3 Å². The fourth-order valence-corrected chi connectivity index (χ4v) is 3.39. The summed E-state index contributed by atoms with van der Waals surface area (Å²) in [5.74, 6) is -0.243. The van der Waals surface area contributed by atoms with Crippen LogP contribution in [0.4, 0.5) is 16.2 Å². The Bertz CT molecular complexity index is 733. The van der Waals surface area contributed by atoms with Crippen molar-refractivity contribution in [1.82, 2.24) is 0 Å². The second-order valence-corrected chi connectivity index (χ2v) is 6.85. The average molecular weight is 377 g/mol. The summed E-state index contributed by atoms with van der Waals surface area (Å²) in [6, 6.07) is 14.9. The van der Waals surface area contributed by atoms with E-state index in [9.17, 15) is 9.59 Å². The molecule has 0 radical (unpaired) electrons. The molecule has 1 aliphatic heterocycles. The van der Waals surface area contributed by atoms with Crippen LogP contribution in [-0.2, 0) is 4.79 Å². The topological polar surface area (TPSA) is 49.4 Å². The zero-order valence-corrected chi connectivity index (χ0v) is 14.1. The zero-order valence-electron chi connectivity index (χ0n) is 11.7. The van der Waals surface area contributed by atoms with Crippen LogP contribution in [0, 0.1) is 6.92 Å². The fraction of sp³-hybridized carbons (Fsp3) is 0.125. The Morgan fingerprint density at radius 2 is 1.77 bits per heavy atom. The molecule has 1 fully saturated rings. The van der Waals surface area contributed by atoms with E-state index in [2.05, 4.69) is 21.2 Å².